The van der Waals surface area contributed by atoms with E-state index < -0.39 is 0 Å². The molecule has 0 spiro atoms. The van der Waals surface area contributed by atoms with Crippen LogP contribution in [0.2, 0.25) is 0 Å². The first-order valence-electron chi connectivity index (χ1n) is 3.83. The Morgan fingerprint density at radius 2 is 2.09 bits per heavy atom. The molecule has 0 amide bonds. The van der Waals surface area contributed by atoms with Crippen LogP contribution in [0.3, 0.4) is 0 Å². The van der Waals surface area contributed by atoms with Gasteiger partial charge in [0, 0.05) is 6.38 Å². The number of halogens is 1. The van der Waals surface area contributed by atoms with Crippen molar-refractivity contribution < 1.29 is 0 Å². The first-order valence-corrected chi connectivity index (χ1v) is 4.59. The van der Waals surface area contributed by atoms with Crippen LogP contribution in [-0.4, -0.2) is 6.38 Å². The van der Waals surface area contributed by atoms with Gasteiger partial charge in [0.15, 0.2) is 0 Å². The minimum absolute atomic E-state index is 1.09. The van der Waals surface area contributed by atoms with Crippen molar-refractivity contribution in [3.05, 3.63) is 36.0 Å². The molecule has 0 nitrogen and oxygen atoms in total. The SMILES string of the molecule is CCC1=CCC=CC=C1.CCl. The average molecular weight is 171 g/mol. The molecule has 0 fully saturated rings. The molecular weight excluding hydrogens is 156 g/mol. The van der Waals surface area contributed by atoms with E-state index in [0.29, 0.717) is 0 Å². The van der Waals surface area contributed by atoms with Gasteiger partial charge >= 0.3 is 0 Å². The van der Waals surface area contributed by atoms with Gasteiger partial charge in [-0.2, -0.15) is 0 Å². The molecule has 0 aliphatic heterocycles. The third kappa shape index (κ3) is 4.86. The average Bonchev–Trinajstić information content (AvgIpc) is 2.35. The van der Waals surface area contributed by atoms with Crippen molar-refractivity contribution in [2.75, 3.05) is 6.38 Å². The van der Waals surface area contributed by atoms with Crippen molar-refractivity contribution in [3.63, 3.8) is 0 Å². The molecule has 0 aromatic carbocycles. The molecule has 62 valence electrons. The Kier molecular flexibility index (Phi) is 7.28. The summed E-state index contributed by atoms with van der Waals surface area (Å²) >= 11 is 4.64. The zero-order chi connectivity index (χ0) is 8.53. The zero-order valence-corrected chi connectivity index (χ0v) is 7.93. The third-order valence-corrected chi connectivity index (χ3v) is 1.48. The van der Waals surface area contributed by atoms with Crippen molar-refractivity contribution in [1.82, 2.24) is 0 Å². The van der Waals surface area contributed by atoms with Crippen LogP contribution in [0, 0.1) is 0 Å². The van der Waals surface area contributed by atoms with E-state index in [0.717, 1.165) is 12.8 Å². The largest absolute Gasteiger partial charge is 0.130 e. The van der Waals surface area contributed by atoms with E-state index >= 15 is 0 Å². The molecule has 0 heterocycles. The lowest BCUT2D eigenvalue weighted by atomic mass is 10.2. The summed E-state index contributed by atoms with van der Waals surface area (Å²) in [5.74, 6) is 0. The quantitative estimate of drug-likeness (QED) is 0.527. The minimum atomic E-state index is 1.09. The van der Waals surface area contributed by atoms with Crippen LogP contribution in [0.5, 0.6) is 0 Å². The molecule has 1 aliphatic carbocycles. The Labute approximate surface area is 74.3 Å². The molecule has 0 bridgehead atoms. The Bertz CT molecular complexity index is 164. The molecule has 0 aromatic heterocycles. The Hall–Kier alpha value is -0.490. The molecule has 0 aromatic rings. The standard InChI is InChI=1S/C9H12.CH3Cl/c1-2-9-7-5-3-4-6-8-9;1-2/h3-5,7-8H,2,6H2,1H3;1H3. The van der Waals surface area contributed by atoms with Crippen molar-refractivity contribution in [3.8, 4) is 0 Å². The van der Waals surface area contributed by atoms with Gasteiger partial charge in [-0.1, -0.05) is 42.9 Å². The lowest BCUT2D eigenvalue weighted by molar-refractivity contribution is 1.13. The van der Waals surface area contributed by atoms with E-state index in [4.69, 9.17) is 0 Å². The summed E-state index contributed by atoms with van der Waals surface area (Å²) in [6.45, 7) is 2.18. The summed E-state index contributed by atoms with van der Waals surface area (Å²) in [4.78, 5) is 0. The predicted molar refractivity (Wildman–Crippen MR) is 53.0 cm³/mol. The van der Waals surface area contributed by atoms with Gasteiger partial charge in [-0.15, -0.1) is 11.6 Å². The van der Waals surface area contributed by atoms with Gasteiger partial charge < -0.3 is 0 Å². The maximum atomic E-state index is 4.64. The van der Waals surface area contributed by atoms with E-state index in [1.807, 2.05) is 0 Å². The first-order chi connectivity index (χ1) is 5.43. The van der Waals surface area contributed by atoms with Crippen LogP contribution >= 0.6 is 11.6 Å². The molecule has 0 unspecified atom stereocenters. The highest BCUT2D eigenvalue weighted by Gasteiger charge is 1.86. The first kappa shape index (κ1) is 10.5. The molecule has 11 heavy (non-hydrogen) atoms. The molecule has 1 heteroatoms. The van der Waals surface area contributed by atoms with Gasteiger partial charge in [0.1, 0.15) is 0 Å². The van der Waals surface area contributed by atoms with Crippen LogP contribution in [0.25, 0.3) is 0 Å². The van der Waals surface area contributed by atoms with Crippen LogP contribution < -0.4 is 0 Å². The van der Waals surface area contributed by atoms with Gasteiger partial charge in [-0.25, -0.2) is 0 Å². The van der Waals surface area contributed by atoms with Crippen molar-refractivity contribution in [2.24, 2.45) is 0 Å². The van der Waals surface area contributed by atoms with Crippen molar-refractivity contribution >= 4 is 11.6 Å². The Morgan fingerprint density at radius 3 is 2.73 bits per heavy atom. The topological polar surface area (TPSA) is 0 Å². The smallest absolute Gasteiger partial charge is 0.0108 e. The summed E-state index contributed by atoms with van der Waals surface area (Å²) in [6.07, 6.45) is 14.5. The molecule has 0 saturated heterocycles. The van der Waals surface area contributed by atoms with E-state index in [9.17, 15) is 0 Å². The van der Waals surface area contributed by atoms with E-state index in [-0.39, 0.29) is 0 Å². The monoisotopic (exact) mass is 170 g/mol. The van der Waals surface area contributed by atoms with Crippen LogP contribution in [-0.2, 0) is 0 Å². The molecular formula is C10H15Cl. The van der Waals surface area contributed by atoms with Gasteiger partial charge in [0.25, 0.3) is 0 Å². The second-order valence-corrected chi connectivity index (χ2v) is 2.16. The summed E-state index contributed by atoms with van der Waals surface area (Å²) < 4.78 is 0. The van der Waals surface area contributed by atoms with Crippen molar-refractivity contribution in [1.29, 1.82) is 0 Å². The minimum Gasteiger partial charge on any atom is -0.130 e. The second-order valence-electron chi connectivity index (χ2n) is 2.16. The lowest BCUT2D eigenvalue weighted by Crippen LogP contribution is -1.70. The number of hydrogen-bond acceptors (Lipinski definition) is 0. The molecule has 1 aliphatic rings. The van der Waals surface area contributed by atoms with Gasteiger partial charge in [-0.05, 0) is 12.8 Å². The predicted octanol–water partition coefficient (Wildman–Crippen LogP) is 3.69. The summed E-state index contributed by atoms with van der Waals surface area (Å²) in [5.41, 5.74) is 1.44. The molecule has 0 radical (unpaired) electrons. The highest BCUT2D eigenvalue weighted by atomic mass is 35.5. The zero-order valence-electron chi connectivity index (χ0n) is 7.18. The maximum absolute atomic E-state index is 4.64. The fourth-order valence-corrected chi connectivity index (χ4v) is 0.886. The highest BCUT2D eigenvalue weighted by Crippen LogP contribution is 2.07. The normalized spacial score (nSPS) is 14.6. The Morgan fingerprint density at radius 1 is 1.36 bits per heavy atom. The molecule has 0 saturated carbocycles. The lowest BCUT2D eigenvalue weighted by Gasteiger charge is -1.90. The van der Waals surface area contributed by atoms with E-state index in [2.05, 4.69) is 48.9 Å². The number of alkyl halides is 1. The second kappa shape index (κ2) is 7.62. The van der Waals surface area contributed by atoms with Gasteiger partial charge in [0.2, 0.25) is 0 Å². The van der Waals surface area contributed by atoms with Crippen LogP contribution in [0.15, 0.2) is 36.0 Å². The number of hydrogen-bond donors (Lipinski definition) is 0. The molecule has 0 N–H and O–H groups in total. The number of rotatable bonds is 1. The van der Waals surface area contributed by atoms with Gasteiger partial charge in [-0.3, -0.25) is 0 Å². The fraction of sp³-hybridized carbons (Fsp3) is 0.400. The molecule has 1 rings (SSSR count). The summed E-state index contributed by atoms with van der Waals surface area (Å²) in [5, 5.41) is 0. The van der Waals surface area contributed by atoms with E-state index in [1.54, 1.807) is 0 Å². The Balaban J connectivity index is 0.000000461. The van der Waals surface area contributed by atoms with E-state index in [1.165, 1.54) is 12.0 Å². The number of allylic oxidation sites excluding steroid dienone is 6. The maximum Gasteiger partial charge on any atom is 0.0108 e. The van der Waals surface area contributed by atoms with Crippen LogP contribution in [0.1, 0.15) is 19.8 Å². The molecule has 0 atom stereocenters. The van der Waals surface area contributed by atoms with Gasteiger partial charge in [0.05, 0.1) is 0 Å². The third-order valence-electron chi connectivity index (χ3n) is 1.48. The summed E-state index contributed by atoms with van der Waals surface area (Å²) in [7, 11) is 0. The fourth-order valence-electron chi connectivity index (χ4n) is 0.886. The highest BCUT2D eigenvalue weighted by molar-refractivity contribution is 6.15. The summed E-state index contributed by atoms with van der Waals surface area (Å²) in [6, 6.07) is 0. The van der Waals surface area contributed by atoms with Crippen molar-refractivity contribution in [2.45, 2.75) is 19.8 Å². The van der Waals surface area contributed by atoms with Crippen LogP contribution in [0.4, 0.5) is 0 Å².